The number of benzene rings is 1. The predicted molar refractivity (Wildman–Crippen MR) is 83.6 cm³/mol. The molecule has 1 aromatic carbocycles. The monoisotopic (exact) mass is 404 g/mol. The smallest absolute Gasteiger partial charge is 0.342 e. The average molecular weight is 404 g/mol. The van der Waals surface area contributed by atoms with Gasteiger partial charge in [-0.25, -0.2) is 14.2 Å². The lowest BCUT2D eigenvalue weighted by molar-refractivity contribution is 0.0598. The minimum absolute atomic E-state index is 0.156. The van der Waals surface area contributed by atoms with Crippen LogP contribution in [0.5, 0.6) is 0 Å². The minimum Gasteiger partial charge on any atom is -0.465 e. The number of aryl methyl sites for hydroxylation is 1. The van der Waals surface area contributed by atoms with Gasteiger partial charge in [0.25, 0.3) is 0 Å². The highest BCUT2D eigenvalue weighted by atomic mass is 127. The summed E-state index contributed by atoms with van der Waals surface area (Å²) in [6.45, 7) is 1.71. The van der Waals surface area contributed by atoms with Gasteiger partial charge >= 0.3 is 5.97 Å². The van der Waals surface area contributed by atoms with Gasteiger partial charge in [0.15, 0.2) is 0 Å². The number of hydrogen-bond donors (Lipinski definition) is 1. The summed E-state index contributed by atoms with van der Waals surface area (Å²) in [5.41, 5.74) is 1.52. The van der Waals surface area contributed by atoms with Crippen molar-refractivity contribution in [1.29, 1.82) is 0 Å². The van der Waals surface area contributed by atoms with Gasteiger partial charge in [-0.15, -0.1) is 0 Å². The highest BCUT2D eigenvalue weighted by Gasteiger charge is 2.16. The standard InChI is InChI=1S/C13H10FIN2O2S/c1-6-10(13(18)19-2)12(20)17-11(16-6)8-4-3-7(14)5-9(8)15/h3-5H,1-2H3,(H,16,17,20). The van der Waals surface area contributed by atoms with Crippen LogP contribution >= 0.6 is 34.8 Å². The van der Waals surface area contributed by atoms with Crippen LogP contribution in [-0.2, 0) is 4.74 Å². The summed E-state index contributed by atoms with van der Waals surface area (Å²) >= 11 is 7.15. The van der Waals surface area contributed by atoms with Crippen molar-refractivity contribution in [2.24, 2.45) is 0 Å². The van der Waals surface area contributed by atoms with Gasteiger partial charge < -0.3 is 9.72 Å². The van der Waals surface area contributed by atoms with E-state index in [1.165, 1.54) is 19.2 Å². The van der Waals surface area contributed by atoms with Gasteiger partial charge in [-0.3, -0.25) is 0 Å². The van der Waals surface area contributed by atoms with Crippen LogP contribution in [0.25, 0.3) is 11.4 Å². The summed E-state index contributed by atoms with van der Waals surface area (Å²) in [7, 11) is 1.29. The van der Waals surface area contributed by atoms with Crippen LogP contribution in [0.4, 0.5) is 4.39 Å². The van der Waals surface area contributed by atoms with Crippen molar-refractivity contribution in [3.63, 3.8) is 0 Å². The zero-order valence-electron chi connectivity index (χ0n) is 10.7. The van der Waals surface area contributed by atoms with E-state index >= 15 is 0 Å². The van der Waals surface area contributed by atoms with E-state index in [0.29, 0.717) is 15.1 Å². The molecule has 20 heavy (non-hydrogen) atoms. The second-order valence-electron chi connectivity index (χ2n) is 4.01. The molecule has 1 N–H and O–H groups in total. The van der Waals surface area contributed by atoms with Crippen molar-refractivity contribution in [2.75, 3.05) is 7.11 Å². The maximum atomic E-state index is 13.1. The molecule has 0 unspecified atom stereocenters. The van der Waals surface area contributed by atoms with Gasteiger partial charge in [-0.2, -0.15) is 0 Å². The Morgan fingerprint density at radius 1 is 1.50 bits per heavy atom. The van der Waals surface area contributed by atoms with Gasteiger partial charge in [0, 0.05) is 14.8 Å². The Morgan fingerprint density at radius 2 is 2.20 bits per heavy atom. The fourth-order valence-corrected chi connectivity index (χ4v) is 2.80. The Hall–Kier alpha value is -1.35. The molecule has 0 radical (unpaired) electrons. The first-order valence-corrected chi connectivity index (χ1v) is 7.07. The molecule has 7 heteroatoms. The summed E-state index contributed by atoms with van der Waals surface area (Å²) in [5, 5.41) is 0. The van der Waals surface area contributed by atoms with Crippen LogP contribution in [-0.4, -0.2) is 23.0 Å². The SMILES string of the molecule is COC(=O)c1c(C)[nH]c(-c2ccc(F)cc2I)nc1=S. The number of halogens is 2. The third-order valence-corrected chi connectivity index (χ3v) is 3.87. The van der Waals surface area contributed by atoms with Crippen molar-refractivity contribution in [3.8, 4) is 11.4 Å². The topological polar surface area (TPSA) is 55.0 Å². The summed E-state index contributed by atoms with van der Waals surface area (Å²) in [5.74, 6) is -0.360. The number of esters is 1. The molecule has 0 aliphatic heterocycles. The lowest BCUT2D eigenvalue weighted by Crippen LogP contribution is -2.09. The molecule has 0 aliphatic rings. The van der Waals surface area contributed by atoms with Gasteiger partial charge in [0.05, 0.1) is 7.11 Å². The van der Waals surface area contributed by atoms with Gasteiger partial charge in [-0.05, 0) is 47.7 Å². The molecule has 1 heterocycles. The van der Waals surface area contributed by atoms with E-state index < -0.39 is 5.97 Å². The molecule has 104 valence electrons. The zero-order valence-corrected chi connectivity index (χ0v) is 13.6. The summed E-state index contributed by atoms with van der Waals surface area (Å²) in [4.78, 5) is 18.8. The van der Waals surface area contributed by atoms with Crippen LogP contribution in [0, 0.1) is 21.0 Å². The molecule has 0 atom stereocenters. The van der Waals surface area contributed by atoms with E-state index in [0.717, 1.165) is 5.56 Å². The van der Waals surface area contributed by atoms with E-state index in [-0.39, 0.29) is 16.0 Å². The molecule has 1 aromatic heterocycles. The number of aromatic amines is 1. The molecule has 4 nitrogen and oxygen atoms in total. The molecule has 2 rings (SSSR count). The molecule has 0 saturated carbocycles. The van der Waals surface area contributed by atoms with Crippen LogP contribution < -0.4 is 0 Å². The quantitative estimate of drug-likeness (QED) is 0.472. The van der Waals surface area contributed by atoms with Crippen molar-refractivity contribution < 1.29 is 13.9 Å². The van der Waals surface area contributed by atoms with E-state index in [9.17, 15) is 9.18 Å². The zero-order chi connectivity index (χ0) is 14.9. The Balaban J connectivity index is 2.61. The molecule has 0 amide bonds. The molecule has 0 spiro atoms. The number of nitrogens with zero attached hydrogens (tertiary/aromatic N) is 1. The van der Waals surface area contributed by atoms with Crippen LogP contribution in [0.3, 0.4) is 0 Å². The highest BCUT2D eigenvalue weighted by Crippen LogP contribution is 2.24. The van der Waals surface area contributed by atoms with Crippen molar-refractivity contribution >= 4 is 40.8 Å². The number of nitrogens with one attached hydrogen (secondary N) is 1. The van der Waals surface area contributed by atoms with E-state index in [2.05, 4.69) is 14.7 Å². The van der Waals surface area contributed by atoms with E-state index in [4.69, 9.17) is 12.2 Å². The number of ether oxygens (including phenoxy) is 1. The lowest BCUT2D eigenvalue weighted by atomic mass is 10.2. The Kier molecular flexibility index (Phi) is 4.48. The molecule has 2 aromatic rings. The van der Waals surface area contributed by atoms with Crippen molar-refractivity contribution in [1.82, 2.24) is 9.97 Å². The maximum Gasteiger partial charge on any atom is 0.342 e. The molecular weight excluding hydrogens is 394 g/mol. The Labute approximate surface area is 133 Å². The van der Waals surface area contributed by atoms with Crippen molar-refractivity contribution in [2.45, 2.75) is 6.92 Å². The molecule has 0 bridgehead atoms. The number of rotatable bonds is 2. The number of hydrogen-bond acceptors (Lipinski definition) is 4. The number of methoxy groups -OCH3 is 1. The predicted octanol–water partition coefficient (Wildman–Crippen LogP) is 3.64. The fraction of sp³-hybridized carbons (Fsp3) is 0.154. The first-order chi connectivity index (χ1) is 9.43. The Morgan fingerprint density at radius 3 is 2.75 bits per heavy atom. The lowest BCUT2D eigenvalue weighted by Gasteiger charge is -2.09. The third kappa shape index (κ3) is 2.88. The number of aromatic nitrogens is 2. The van der Waals surface area contributed by atoms with Gasteiger partial charge in [0.2, 0.25) is 0 Å². The Bertz CT molecular complexity index is 746. The minimum atomic E-state index is -0.531. The summed E-state index contributed by atoms with van der Waals surface area (Å²) in [6, 6.07) is 4.36. The molecule has 0 fully saturated rings. The average Bonchev–Trinajstić information content (AvgIpc) is 2.37. The van der Waals surface area contributed by atoms with E-state index in [1.807, 2.05) is 22.6 Å². The number of carbonyl (C=O) groups is 1. The first kappa shape index (κ1) is 15.0. The van der Waals surface area contributed by atoms with Crippen LogP contribution in [0.1, 0.15) is 16.1 Å². The second-order valence-corrected chi connectivity index (χ2v) is 5.56. The fourth-order valence-electron chi connectivity index (χ4n) is 1.74. The van der Waals surface area contributed by atoms with Crippen LogP contribution in [0.15, 0.2) is 18.2 Å². The normalized spacial score (nSPS) is 10.4. The summed E-state index contributed by atoms with van der Waals surface area (Å²) < 4.78 is 18.6. The number of H-pyrrole nitrogens is 1. The maximum absolute atomic E-state index is 13.1. The first-order valence-electron chi connectivity index (χ1n) is 5.58. The van der Waals surface area contributed by atoms with Gasteiger partial charge in [-0.1, -0.05) is 12.2 Å². The van der Waals surface area contributed by atoms with E-state index in [1.54, 1.807) is 13.0 Å². The van der Waals surface area contributed by atoms with Gasteiger partial charge in [0.1, 0.15) is 21.8 Å². The summed E-state index contributed by atoms with van der Waals surface area (Å²) in [6.07, 6.45) is 0. The van der Waals surface area contributed by atoms with Crippen molar-refractivity contribution in [3.05, 3.63) is 43.5 Å². The third-order valence-electron chi connectivity index (χ3n) is 2.68. The van der Waals surface area contributed by atoms with Crippen LogP contribution in [0.2, 0.25) is 0 Å². The molecule has 0 saturated heterocycles. The largest absolute Gasteiger partial charge is 0.465 e. The molecule has 0 aliphatic carbocycles. The highest BCUT2D eigenvalue weighted by molar-refractivity contribution is 14.1. The second kappa shape index (κ2) is 5.96. The number of carbonyl (C=O) groups excluding carboxylic acids is 1. The molecular formula is C13H10FIN2O2S.